The predicted octanol–water partition coefficient (Wildman–Crippen LogP) is 6.83. The summed E-state index contributed by atoms with van der Waals surface area (Å²) in [5.41, 5.74) is 0.965. The van der Waals surface area contributed by atoms with Crippen LogP contribution < -0.4 is 15.0 Å². The highest BCUT2D eigenvalue weighted by Gasteiger charge is 2.45. The number of methoxy groups -OCH3 is 2. The lowest BCUT2D eigenvalue weighted by atomic mass is 9.80. The summed E-state index contributed by atoms with van der Waals surface area (Å²) < 4.78 is 42.1. The highest BCUT2D eigenvalue weighted by molar-refractivity contribution is 7.44. The SMILES string of the molecule is COc1ccc(C(OC[C@H]2O[C@@H](n3ncc(=O)nc3/N=C/N(C)C)C[C@@H]2OP(OCCC#N)N(C(C)C)C(C)C)(c2ccccc2)c2ccc(OC)cc2)cc1. The number of benzene rings is 3. The number of nitrogens with zero attached hydrogens (tertiary/aromatic N) is 7. The van der Waals surface area contributed by atoms with Gasteiger partial charge >= 0.3 is 0 Å². The average molecular weight is 786 g/mol. The Labute approximate surface area is 330 Å². The van der Waals surface area contributed by atoms with Gasteiger partial charge in [-0.25, -0.2) is 14.3 Å². The van der Waals surface area contributed by atoms with E-state index in [9.17, 15) is 10.1 Å². The maximum absolute atomic E-state index is 12.4. The Morgan fingerprint density at radius 3 is 2.09 bits per heavy atom. The van der Waals surface area contributed by atoms with Crippen LogP contribution in [0.4, 0.5) is 5.95 Å². The standard InChI is InChI=1S/C41H52N7O7P/c1-29(2)48(30(3)4)56(53-24-12-23-42)55-36-25-39(47-40(43-28-46(5)6)45-38(49)26-44-47)54-37(36)27-52-41(31-13-10-9-11-14-31,32-15-19-34(50-7)20-16-32)33-17-21-35(51-8)22-18-33/h9-11,13-22,26,28-30,36-37,39H,12,24-25,27H2,1-8H3/b43-28+/t36-,37+,39+,56?/m0/s1. The molecule has 3 aromatic carbocycles. The van der Waals surface area contributed by atoms with Gasteiger partial charge in [0.2, 0.25) is 0 Å². The molecule has 4 aromatic rings. The molecule has 1 aliphatic heterocycles. The van der Waals surface area contributed by atoms with Crippen molar-refractivity contribution in [3.63, 3.8) is 0 Å². The van der Waals surface area contributed by atoms with E-state index in [1.165, 1.54) is 4.68 Å². The van der Waals surface area contributed by atoms with Crippen molar-refractivity contribution >= 4 is 20.8 Å². The molecule has 0 bridgehead atoms. The van der Waals surface area contributed by atoms with Gasteiger partial charge in [0.25, 0.3) is 20.0 Å². The summed E-state index contributed by atoms with van der Waals surface area (Å²) in [4.78, 5) is 22.7. The van der Waals surface area contributed by atoms with Gasteiger partial charge in [-0.15, -0.1) is 0 Å². The lowest BCUT2D eigenvalue weighted by molar-refractivity contribution is -0.0939. The van der Waals surface area contributed by atoms with Gasteiger partial charge < -0.3 is 32.9 Å². The Hall–Kier alpha value is -4.74. The van der Waals surface area contributed by atoms with Crippen LogP contribution in [-0.2, 0) is 24.1 Å². The molecule has 0 amide bonds. The fourth-order valence-electron chi connectivity index (χ4n) is 6.60. The third-order valence-electron chi connectivity index (χ3n) is 9.09. The zero-order valence-electron chi connectivity index (χ0n) is 33.3. The summed E-state index contributed by atoms with van der Waals surface area (Å²) in [6, 6.07) is 28.0. The molecule has 298 valence electrons. The van der Waals surface area contributed by atoms with E-state index >= 15 is 0 Å². The summed E-state index contributed by atoms with van der Waals surface area (Å²) in [7, 11) is 5.25. The van der Waals surface area contributed by atoms with Crippen molar-refractivity contribution in [2.24, 2.45) is 4.99 Å². The zero-order chi connectivity index (χ0) is 40.2. The molecule has 1 fully saturated rings. The molecule has 0 aliphatic carbocycles. The van der Waals surface area contributed by atoms with E-state index in [2.05, 4.69) is 53.5 Å². The minimum Gasteiger partial charge on any atom is -0.497 e. The second-order valence-corrected chi connectivity index (χ2v) is 15.3. The molecule has 0 N–H and O–H groups in total. The topological polar surface area (TPSA) is 146 Å². The molecule has 0 saturated carbocycles. The molecule has 4 atom stereocenters. The minimum absolute atomic E-state index is 0.0583. The smallest absolute Gasteiger partial charge is 0.293 e. The van der Waals surface area contributed by atoms with Crippen LogP contribution in [0.3, 0.4) is 0 Å². The molecule has 15 heteroatoms. The molecule has 1 aliphatic rings. The Bertz CT molecular complexity index is 1900. The van der Waals surface area contributed by atoms with Crippen molar-refractivity contribution in [2.45, 2.75) is 76.7 Å². The van der Waals surface area contributed by atoms with E-state index < -0.39 is 38.1 Å². The summed E-state index contributed by atoms with van der Waals surface area (Å²) in [6.45, 7) is 8.61. The Balaban J connectivity index is 1.62. The minimum atomic E-state index is -1.66. The van der Waals surface area contributed by atoms with E-state index in [1.807, 2.05) is 93.0 Å². The largest absolute Gasteiger partial charge is 0.497 e. The van der Waals surface area contributed by atoms with Crippen LogP contribution in [0.25, 0.3) is 0 Å². The van der Waals surface area contributed by atoms with Crippen LogP contribution in [0, 0.1) is 11.3 Å². The van der Waals surface area contributed by atoms with E-state index in [0.717, 1.165) is 22.9 Å². The van der Waals surface area contributed by atoms with Gasteiger partial charge in [0.15, 0.2) is 6.23 Å². The first-order valence-corrected chi connectivity index (χ1v) is 19.7. The fourth-order valence-corrected chi connectivity index (χ4v) is 8.36. The quantitative estimate of drug-likeness (QED) is 0.0323. The second-order valence-electron chi connectivity index (χ2n) is 13.9. The molecule has 14 nitrogen and oxygen atoms in total. The summed E-state index contributed by atoms with van der Waals surface area (Å²) in [5.74, 6) is 1.51. The third-order valence-corrected chi connectivity index (χ3v) is 11.2. The molecule has 1 saturated heterocycles. The van der Waals surface area contributed by atoms with E-state index in [1.54, 1.807) is 25.5 Å². The molecule has 1 unspecified atom stereocenters. The van der Waals surface area contributed by atoms with E-state index in [0.29, 0.717) is 17.9 Å². The predicted molar refractivity (Wildman–Crippen MR) is 215 cm³/mol. The van der Waals surface area contributed by atoms with Gasteiger partial charge in [-0.3, -0.25) is 4.79 Å². The van der Waals surface area contributed by atoms with Gasteiger partial charge in [0.1, 0.15) is 29.4 Å². The number of aromatic nitrogens is 3. The van der Waals surface area contributed by atoms with Crippen molar-refractivity contribution < 1.29 is 28.0 Å². The Morgan fingerprint density at radius 2 is 1.55 bits per heavy atom. The lowest BCUT2D eigenvalue weighted by Crippen LogP contribution is -2.39. The van der Waals surface area contributed by atoms with Gasteiger partial charge in [0, 0.05) is 32.6 Å². The van der Waals surface area contributed by atoms with E-state index in [-0.39, 0.29) is 37.7 Å². The highest BCUT2D eigenvalue weighted by atomic mass is 31.2. The maximum atomic E-state index is 12.4. The molecule has 1 aromatic heterocycles. The summed E-state index contributed by atoms with van der Waals surface area (Å²) >= 11 is 0. The molecule has 0 spiro atoms. The maximum Gasteiger partial charge on any atom is 0.293 e. The number of aliphatic imine (C=N–C) groups is 1. The normalized spacial score (nSPS) is 17.8. The van der Waals surface area contributed by atoms with Crippen LogP contribution in [0.1, 0.15) is 63.5 Å². The van der Waals surface area contributed by atoms with Crippen molar-refractivity contribution in [3.8, 4) is 17.6 Å². The Kier molecular flexibility index (Phi) is 15.1. The van der Waals surface area contributed by atoms with Crippen LogP contribution >= 0.6 is 8.53 Å². The number of ether oxygens (including phenoxy) is 4. The Morgan fingerprint density at radius 1 is 0.964 bits per heavy atom. The lowest BCUT2D eigenvalue weighted by Gasteiger charge is -2.39. The van der Waals surface area contributed by atoms with Crippen molar-refractivity contribution in [1.29, 1.82) is 5.26 Å². The number of nitriles is 1. The summed E-state index contributed by atoms with van der Waals surface area (Å²) in [5, 5.41) is 13.8. The number of hydrogen-bond acceptors (Lipinski definition) is 12. The van der Waals surface area contributed by atoms with Gasteiger partial charge in [-0.05, 0) is 68.7 Å². The first kappa shape index (κ1) is 42.4. The van der Waals surface area contributed by atoms with Crippen molar-refractivity contribution in [3.05, 3.63) is 112 Å². The monoisotopic (exact) mass is 785 g/mol. The van der Waals surface area contributed by atoms with Crippen LogP contribution in [0.2, 0.25) is 0 Å². The van der Waals surface area contributed by atoms with Gasteiger partial charge in [0.05, 0.1) is 52.4 Å². The first-order valence-electron chi connectivity index (χ1n) is 18.6. The average Bonchev–Trinajstić information content (AvgIpc) is 3.59. The number of rotatable bonds is 19. The zero-order valence-corrected chi connectivity index (χ0v) is 34.2. The summed E-state index contributed by atoms with van der Waals surface area (Å²) in [6.07, 6.45) is 1.23. The molecule has 5 rings (SSSR count). The molecule has 0 radical (unpaired) electrons. The third kappa shape index (κ3) is 10.2. The first-order chi connectivity index (χ1) is 27.0. The van der Waals surface area contributed by atoms with Crippen LogP contribution in [0.15, 0.2) is 94.8 Å². The molecular weight excluding hydrogens is 733 g/mol. The van der Waals surface area contributed by atoms with Crippen LogP contribution in [-0.4, -0.2) is 96.5 Å². The van der Waals surface area contributed by atoms with Crippen LogP contribution in [0.5, 0.6) is 11.5 Å². The van der Waals surface area contributed by atoms with E-state index in [4.69, 9.17) is 28.0 Å². The van der Waals surface area contributed by atoms with Gasteiger partial charge in [-0.1, -0.05) is 54.6 Å². The number of hydrogen-bond donors (Lipinski definition) is 0. The van der Waals surface area contributed by atoms with Gasteiger partial charge in [-0.2, -0.15) is 15.3 Å². The molecule has 2 heterocycles. The molecule has 56 heavy (non-hydrogen) atoms. The highest BCUT2D eigenvalue weighted by Crippen LogP contribution is 2.51. The fraction of sp³-hybridized carbons (Fsp3) is 0.439. The van der Waals surface area contributed by atoms with Crippen molar-refractivity contribution in [1.82, 2.24) is 24.3 Å². The molecular formula is C41H52N7O7P. The second kappa shape index (κ2) is 19.9. The van der Waals surface area contributed by atoms with Crippen molar-refractivity contribution in [2.75, 3.05) is 41.5 Å².